The molecule has 0 aliphatic carbocycles. The van der Waals surface area contributed by atoms with Crippen LogP contribution in [0, 0.1) is 11.6 Å². The minimum absolute atomic E-state index is 0.112. The number of nitrogens with zero attached hydrogens (tertiary/aromatic N) is 1. The molecule has 1 aromatic carbocycles. The third-order valence-electron chi connectivity index (χ3n) is 2.44. The van der Waals surface area contributed by atoms with Crippen molar-refractivity contribution in [1.82, 2.24) is 0 Å². The lowest BCUT2D eigenvalue weighted by Crippen LogP contribution is -2.26. The average Bonchev–Trinajstić information content (AvgIpc) is 2.50. The fraction of sp³-hybridized carbons (Fsp3) is 0.400. The van der Waals surface area contributed by atoms with E-state index in [-0.39, 0.29) is 6.04 Å². The summed E-state index contributed by atoms with van der Waals surface area (Å²) >= 11 is 0. The molecule has 1 heterocycles. The van der Waals surface area contributed by atoms with E-state index in [1.807, 2.05) is 4.90 Å². The van der Waals surface area contributed by atoms with Crippen molar-refractivity contribution >= 4 is 5.69 Å². The molecule has 0 aromatic heterocycles. The first-order chi connectivity index (χ1) is 6.65. The van der Waals surface area contributed by atoms with Crippen LogP contribution in [0.25, 0.3) is 0 Å². The minimum atomic E-state index is -0.541. The number of anilines is 1. The number of nitrogens with two attached hydrogens (primary N) is 1. The fourth-order valence-electron chi connectivity index (χ4n) is 1.74. The highest BCUT2D eigenvalue weighted by Crippen LogP contribution is 2.21. The zero-order valence-corrected chi connectivity index (χ0v) is 7.71. The first kappa shape index (κ1) is 9.40. The lowest BCUT2D eigenvalue weighted by Gasteiger charge is -2.17. The van der Waals surface area contributed by atoms with Crippen LogP contribution in [-0.2, 0) is 0 Å². The molecule has 0 amide bonds. The van der Waals surface area contributed by atoms with Crippen LogP contribution in [0.4, 0.5) is 14.5 Å². The highest BCUT2D eigenvalue weighted by atomic mass is 19.1. The number of benzene rings is 1. The normalized spacial score (nSPS) is 21.6. The standard InChI is InChI=1S/C10H12F2N2/c11-7-3-8(12)5-10(4-7)14-2-1-9(13)6-14/h3-5,9H,1-2,6,13H2. The van der Waals surface area contributed by atoms with Crippen LogP contribution in [0.1, 0.15) is 6.42 Å². The van der Waals surface area contributed by atoms with Crippen molar-refractivity contribution in [1.29, 1.82) is 0 Å². The molecule has 76 valence electrons. The van der Waals surface area contributed by atoms with E-state index < -0.39 is 11.6 Å². The summed E-state index contributed by atoms with van der Waals surface area (Å²) in [6, 6.07) is 3.66. The Labute approximate surface area is 81.3 Å². The van der Waals surface area contributed by atoms with Crippen molar-refractivity contribution in [3.05, 3.63) is 29.8 Å². The van der Waals surface area contributed by atoms with Gasteiger partial charge in [0, 0.05) is 30.9 Å². The van der Waals surface area contributed by atoms with E-state index in [4.69, 9.17) is 5.73 Å². The predicted molar refractivity (Wildman–Crippen MR) is 51.2 cm³/mol. The minimum Gasteiger partial charge on any atom is -0.370 e. The molecule has 1 aromatic rings. The molecule has 1 saturated heterocycles. The van der Waals surface area contributed by atoms with Crippen LogP contribution >= 0.6 is 0 Å². The van der Waals surface area contributed by atoms with Crippen molar-refractivity contribution in [3.8, 4) is 0 Å². The molecule has 14 heavy (non-hydrogen) atoms. The molecule has 1 fully saturated rings. The highest BCUT2D eigenvalue weighted by Gasteiger charge is 2.19. The van der Waals surface area contributed by atoms with E-state index >= 15 is 0 Å². The van der Waals surface area contributed by atoms with Crippen LogP contribution in [0.2, 0.25) is 0 Å². The molecular weight excluding hydrogens is 186 g/mol. The van der Waals surface area contributed by atoms with Gasteiger partial charge in [-0.15, -0.1) is 0 Å². The lowest BCUT2D eigenvalue weighted by molar-refractivity contribution is 0.582. The first-order valence-corrected chi connectivity index (χ1v) is 4.62. The van der Waals surface area contributed by atoms with Crippen molar-refractivity contribution in [2.75, 3.05) is 18.0 Å². The number of rotatable bonds is 1. The molecule has 0 saturated carbocycles. The number of hydrogen-bond acceptors (Lipinski definition) is 2. The SMILES string of the molecule is NC1CCN(c2cc(F)cc(F)c2)C1. The van der Waals surface area contributed by atoms with Crippen molar-refractivity contribution in [3.63, 3.8) is 0 Å². The smallest absolute Gasteiger partial charge is 0.128 e. The zero-order valence-electron chi connectivity index (χ0n) is 7.71. The first-order valence-electron chi connectivity index (χ1n) is 4.62. The van der Waals surface area contributed by atoms with Gasteiger partial charge in [-0.25, -0.2) is 8.78 Å². The third kappa shape index (κ3) is 1.85. The van der Waals surface area contributed by atoms with E-state index in [0.29, 0.717) is 12.2 Å². The topological polar surface area (TPSA) is 29.3 Å². The Morgan fingerprint density at radius 1 is 1.21 bits per heavy atom. The summed E-state index contributed by atoms with van der Waals surface area (Å²) in [5.41, 5.74) is 6.29. The van der Waals surface area contributed by atoms with E-state index in [1.165, 1.54) is 12.1 Å². The lowest BCUT2D eigenvalue weighted by atomic mass is 10.3. The van der Waals surface area contributed by atoms with Gasteiger partial charge in [-0.1, -0.05) is 0 Å². The van der Waals surface area contributed by atoms with E-state index in [1.54, 1.807) is 0 Å². The Bertz CT molecular complexity index is 321. The molecule has 0 radical (unpaired) electrons. The zero-order chi connectivity index (χ0) is 10.1. The molecule has 1 unspecified atom stereocenters. The maximum absolute atomic E-state index is 12.9. The average molecular weight is 198 g/mol. The second-order valence-electron chi connectivity index (χ2n) is 3.62. The molecule has 2 nitrogen and oxygen atoms in total. The summed E-state index contributed by atoms with van der Waals surface area (Å²) in [6.07, 6.45) is 0.873. The Morgan fingerprint density at radius 2 is 1.86 bits per heavy atom. The van der Waals surface area contributed by atoms with Gasteiger partial charge in [0.25, 0.3) is 0 Å². The molecule has 4 heteroatoms. The van der Waals surface area contributed by atoms with Gasteiger partial charge in [0.15, 0.2) is 0 Å². The second kappa shape index (κ2) is 3.53. The largest absolute Gasteiger partial charge is 0.370 e. The van der Waals surface area contributed by atoms with Gasteiger partial charge in [0.1, 0.15) is 11.6 Å². The maximum Gasteiger partial charge on any atom is 0.128 e. The van der Waals surface area contributed by atoms with Crippen LogP contribution in [-0.4, -0.2) is 19.1 Å². The molecule has 1 atom stereocenters. The van der Waals surface area contributed by atoms with Crippen LogP contribution in [0.15, 0.2) is 18.2 Å². The summed E-state index contributed by atoms with van der Waals surface area (Å²) in [5, 5.41) is 0. The molecule has 1 aliphatic heterocycles. The van der Waals surface area contributed by atoms with Gasteiger partial charge in [-0.3, -0.25) is 0 Å². The van der Waals surface area contributed by atoms with Gasteiger partial charge in [0.05, 0.1) is 0 Å². The summed E-state index contributed by atoms with van der Waals surface area (Å²) in [7, 11) is 0. The van der Waals surface area contributed by atoms with Gasteiger partial charge >= 0.3 is 0 Å². The Hall–Kier alpha value is -1.16. The van der Waals surface area contributed by atoms with Crippen molar-refractivity contribution < 1.29 is 8.78 Å². The van der Waals surface area contributed by atoms with Crippen molar-refractivity contribution in [2.24, 2.45) is 5.73 Å². The fourth-order valence-corrected chi connectivity index (χ4v) is 1.74. The predicted octanol–water partition coefficient (Wildman–Crippen LogP) is 1.50. The van der Waals surface area contributed by atoms with E-state index in [2.05, 4.69) is 0 Å². The maximum atomic E-state index is 12.9. The van der Waals surface area contributed by atoms with Gasteiger partial charge in [0.2, 0.25) is 0 Å². The Balaban J connectivity index is 2.23. The summed E-state index contributed by atoms with van der Waals surface area (Å²) in [4.78, 5) is 1.90. The monoisotopic (exact) mass is 198 g/mol. The Morgan fingerprint density at radius 3 is 2.36 bits per heavy atom. The van der Waals surface area contributed by atoms with Crippen LogP contribution < -0.4 is 10.6 Å². The molecule has 0 bridgehead atoms. The van der Waals surface area contributed by atoms with Crippen molar-refractivity contribution in [2.45, 2.75) is 12.5 Å². The summed E-state index contributed by atoms with van der Waals surface area (Å²) in [5.74, 6) is -1.08. The quantitative estimate of drug-likeness (QED) is 0.741. The molecule has 2 rings (SSSR count). The molecular formula is C10H12F2N2. The van der Waals surface area contributed by atoms with Gasteiger partial charge in [-0.2, -0.15) is 0 Å². The third-order valence-corrected chi connectivity index (χ3v) is 2.44. The Kier molecular flexibility index (Phi) is 2.37. The second-order valence-corrected chi connectivity index (χ2v) is 3.62. The van der Waals surface area contributed by atoms with Crippen LogP contribution in [0.5, 0.6) is 0 Å². The van der Waals surface area contributed by atoms with Gasteiger partial charge < -0.3 is 10.6 Å². The van der Waals surface area contributed by atoms with Crippen LogP contribution in [0.3, 0.4) is 0 Å². The number of hydrogen-bond donors (Lipinski definition) is 1. The highest BCUT2D eigenvalue weighted by molar-refractivity contribution is 5.48. The number of halogens is 2. The summed E-state index contributed by atoms with van der Waals surface area (Å²) in [6.45, 7) is 1.44. The van der Waals surface area contributed by atoms with Gasteiger partial charge in [-0.05, 0) is 18.6 Å². The molecule has 0 spiro atoms. The van der Waals surface area contributed by atoms with E-state index in [9.17, 15) is 8.78 Å². The van der Waals surface area contributed by atoms with E-state index in [0.717, 1.165) is 19.0 Å². The molecule has 2 N–H and O–H groups in total. The summed E-state index contributed by atoms with van der Waals surface area (Å²) < 4.78 is 25.8. The molecule has 1 aliphatic rings.